The van der Waals surface area contributed by atoms with Crippen molar-refractivity contribution < 1.29 is 29.0 Å². The number of nitrogens with zero attached hydrogens (tertiary/aromatic N) is 1. The fourth-order valence-electron chi connectivity index (χ4n) is 2.59. The monoisotopic (exact) mass is 370 g/mol. The Hall–Kier alpha value is -3.68. The molecule has 2 aromatic carbocycles. The van der Waals surface area contributed by atoms with Crippen LogP contribution in [-0.2, 0) is 16.0 Å². The number of imide groups is 2. The number of rotatable bonds is 4. The van der Waals surface area contributed by atoms with E-state index in [1.54, 1.807) is 12.1 Å². The Kier molecular flexibility index (Phi) is 4.89. The van der Waals surface area contributed by atoms with Crippen LogP contribution in [0.1, 0.15) is 11.1 Å². The summed E-state index contributed by atoms with van der Waals surface area (Å²) in [4.78, 5) is 37.5. The number of hydrogen-bond acceptors (Lipinski definition) is 5. The van der Waals surface area contributed by atoms with Crippen molar-refractivity contribution in [1.29, 1.82) is 0 Å². The maximum Gasteiger partial charge on any atom is 0.331 e. The van der Waals surface area contributed by atoms with Crippen LogP contribution < -0.4 is 5.32 Å². The minimum Gasteiger partial charge on any atom is -0.504 e. The number of aromatic hydroxyl groups is 2. The van der Waals surface area contributed by atoms with E-state index in [0.29, 0.717) is 12.0 Å². The molecule has 27 heavy (non-hydrogen) atoms. The highest BCUT2D eigenvalue weighted by molar-refractivity contribution is 6.31. The summed E-state index contributed by atoms with van der Waals surface area (Å²) in [6.45, 7) is 0.00173. The molecule has 3 N–H and O–H groups in total. The molecule has 1 heterocycles. The van der Waals surface area contributed by atoms with Gasteiger partial charge in [-0.3, -0.25) is 19.8 Å². The standard InChI is InChI=1S/C19H15FN2O5/c20-13-4-1-11(2-5-13)7-8-22-18(26)14(17(25)21-19(22)27)9-12-3-6-15(23)16(24)10-12/h1-6,9-10,23-24H,7-8H2,(H,21,25,27)/b14-9+. The first-order valence-corrected chi connectivity index (χ1v) is 8.00. The number of benzene rings is 2. The predicted octanol–water partition coefficient (Wildman–Crippen LogP) is 1.94. The van der Waals surface area contributed by atoms with Crippen LogP contribution in [0.15, 0.2) is 48.0 Å². The van der Waals surface area contributed by atoms with Crippen molar-refractivity contribution in [3.8, 4) is 11.5 Å². The first kappa shape index (κ1) is 18.1. The maximum atomic E-state index is 13.0. The molecule has 1 fully saturated rings. The Balaban J connectivity index is 1.81. The molecule has 138 valence electrons. The summed E-state index contributed by atoms with van der Waals surface area (Å²) in [5.41, 5.74) is 0.748. The lowest BCUT2D eigenvalue weighted by Crippen LogP contribution is -2.54. The molecule has 7 nitrogen and oxygen atoms in total. The summed E-state index contributed by atoms with van der Waals surface area (Å²) in [5, 5.41) is 21.0. The van der Waals surface area contributed by atoms with Crippen molar-refractivity contribution in [2.75, 3.05) is 6.54 Å². The van der Waals surface area contributed by atoms with Crippen LogP contribution in [0.4, 0.5) is 9.18 Å². The van der Waals surface area contributed by atoms with E-state index < -0.39 is 29.4 Å². The lowest BCUT2D eigenvalue weighted by molar-refractivity contribution is -0.130. The Morgan fingerprint density at radius 3 is 2.37 bits per heavy atom. The number of carbonyl (C=O) groups excluding carboxylic acids is 3. The van der Waals surface area contributed by atoms with E-state index in [9.17, 15) is 29.0 Å². The van der Waals surface area contributed by atoms with E-state index in [2.05, 4.69) is 5.32 Å². The molecule has 4 amide bonds. The van der Waals surface area contributed by atoms with E-state index in [1.807, 2.05) is 0 Å². The van der Waals surface area contributed by atoms with Gasteiger partial charge in [-0.2, -0.15) is 0 Å². The van der Waals surface area contributed by atoms with Gasteiger partial charge in [0, 0.05) is 6.54 Å². The highest BCUT2D eigenvalue weighted by Gasteiger charge is 2.35. The summed E-state index contributed by atoms with van der Waals surface area (Å²) in [5.74, 6) is -2.77. The second-order valence-corrected chi connectivity index (χ2v) is 5.90. The van der Waals surface area contributed by atoms with Crippen molar-refractivity contribution >= 4 is 23.9 Å². The van der Waals surface area contributed by atoms with Crippen LogP contribution in [0.2, 0.25) is 0 Å². The molecule has 8 heteroatoms. The second-order valence-electron chi connectivity index (χ2n) is 5.90. The fourth-order valence-corrected chi connectivity index (χ4v) is 2.59. The molecule has 0 bridgehead atoms. The average Bonchev–Trinajstić information content (AvgIpc) is 2.63. The van der Waals surface area contributed by atoms with E-state index in [0.717, 1.165) is 10.5 Å². The number of phenolic OH excluding ortho intramolecular Hbond substituents is 2. The number of hydrogen-bond donors (Lipinski definition) is 3. The number of barbiturate groups is 1. The Bertz CT molecular complexity index is 953. The van der Waals surface area contributed by atoms with Crippen LogP contribution in [0.3, 0.4) is 0 Å². The molecule has 1 aliphatic rings. The maximum absolute atomic E-state index is 13.0. The van der Waals surface area contributed by atoms with Crippen LogP contribution >= 0.6 is 0 Å². The quantitative estimate of drug-likeness (QED) is 0.433. The van der Waals surface area contributed by atoms with E-state index in [-0.39, 0.29) is 17.9 Å². The summed E-state index contributed by atoms with van der Waals surface area (Å²) in [6, 6.07) is 8.61. The number of nitrogens with one attached hydrogen (secondary N) is 1. The molecular weight excluding hydrogens is 355 g/mol. The molecule has 1 saturated heterocycles. The van der Waals surface area contributed by atoms with Crippen LogP contribution in [0.5, 0.6) is 11.5 Å². The van der Waals surface area contributed by atoms with Crippen LogP contribution in [0, 0.1) is 5.82 Å². The van der Waals surface area contributed by atoms with Gasteiger partial charge in [-0.05, 0) is 47.9 Å². The molecule has 0 spiro atoms. The van der Waals surface area contributed by atoms with E-state index in [1.165, 1.54) is 36.4 Å². The highest BCUT2D eigenvalue weighted by atomic mass is 19.1. The molecule has 0 atom stereocenters. The van der Waals surface area contributed by atoms with Gasteiger partial charge in [0.05, 0.1) is 0 Å². The molecule has 0 radical (unpaired) electrons. The Morgan fingerprint density at radius 1 is 1.00 bits per heavy atom. The third-order valence-corrected chi connectivity index (χ3v) is 4.03. The second kappa shape index (κ2) is 7.28. The SMILES string of the molecule is O=C1NC(=O)N(CCc2ccc(F)cc2)C(=O)/C1=C/c1ccc(O)c(O)c1. The van der Waals surface area contributed by atoms with Crippen LogP contribution in [0.25, 0.3) is 6.08 Å². The van der Waals surface area contributed by atoms with Gasteiger partial charge in [0.2, 0.25) is 0 Å². The molecule has 0 saturated carbocycles. The zero-order chi connectivity index (χ0) is 19.6. The fraction of sp³-hybridized carbons (Fsp3) is 0.105. The highest BCUT2D eigenvalue weighted by Crippen LogP contribution is 2.26. The zero-order valence-corrected chi connectivity index (χ0v) is 14.0. The van der Waals surface area contributed by atoms with Gasteiger partial charge in [-0.1, -0.05) is 18.2 Å². The number of halogens is 1. The van der Waals surface area contributed by atoms with Crippen molar-refractivity contribution in [1.82, 2.24) is 10.2 Å². The largest absolute Gasteiger partial charge is 0.504 e. The van der Waals surface area contributed by atoms with E-state index in [4.69, 9.17) is 0 Å². The number of amides is 4. The third-order valence-electron chi connectivity index (χ3n) is 4.03. The Morgan fingerprint density at radius 2 is 1.70 bits per heavy atom. The lowest BCUT2D eigenvalue weighted by Gasteiger charge is -2.26. The minimum atomic E-state index is -0.851. The van der Waals surface area contributed by atoms with Gasteiger partial charge in [0.25, 0.3) is 11.8 Å². The number of phenols is 2. The van der Waals surface area contributed by atoms with Gasteiger partial charge in [0.1, 0.15) is 11.4 Å². The summed E-state index contributed by atoms with van der Waals surface area (Å²) in [7, 11) is 0. The molecule has 1 aliphatic heterocycles. The predicted molar refractivity (Wildman–Crippen MR) is 93.1 cm³/mol. The van der Waals surface area contributed by atoms with Crippen LogP contribution in [-0.4, -0.2) is 39.5 Å². The molecule has 0 unspecified atom stereocenters. The first-order chi connectivity index (χ1) is 12.8. The van der Waals surface area contributed by atoms with Gasteiger partial charge in [0.15, 0.2) is 11.5 Å². The molecule has 0 aliphatic carbocycles. The summed E-state index contributed by atoms with van der Waals surface area (Å²) >= 11 is 0. The molecule has 3 rings (SSSR count). The average molecular weight is 370 g/mol. The summed E-state index contributed by atoms with van der Waals surface area (Å²) in [6.07, 6.45) is 1.51. The molecule has 0 aromatic heterocycles. The van der Waals surface area contributed by atoms with Crippen molar-refractivity contribution in [2.45, 2.75) is 6.42 Å². The Labute approximate surface area is 153 Å². The number of carbonyl (C=O) groups is 3. The van der Waals surface area contributed by atoms with Gasteiger partial charge in [-0.25, -0.2) is 9.18 Å². The molecular formula is C19H15FN2O5. The normalized spacial score (nSPS) is 16.0. The smallest absolute Gasteiger partial charge is 0.331 e. The van der Waals surface area contributed by atoms with E-state index >= 15 is 0 Å². The minimum absolute atomic E-state index is 0.00173. The van der Waals surface area contributed by atoms with Gasteiger partial charge >= 0.3 is 6.03 Å². The third kappa shape index (κ3) is 3.95. The van der Waals surface area contributed by atoms with Gasteiger partial charge in [-0.15, -0.1) is 0 Å². The first-order valence-electron chi connectivity index (χ1n) is 8.00. The van der Waals surface area contributed by atoms with Gasteiger partial charge < -0.3 is 10.2 Å². The zero-order valence-electron chi connectivity index (χ0n) is 14.0. The van der Waals surface area contributed by atoms with Crippen molar-refractivity contribution in [2.24, 2.45) is 0 Å². The van der Waals surface area contributed by atoms with Crippen molar-refractivity contribution in [3.63, 3.8) is 0 Å². The molecule has 2 aromatic rings. The number of urea groups is 1. The topological polar surface area (TPSA) is 107 Å². The summed E-state index contributed by atoms with van der Waals surface area (Å²) < 4.78 is 13.0. The van der Waals surface area contributed by atoms with Crippen molar-refractivity contribution in [3.05, 3.63) is 65.0 Å². The lowest BCUT2D eigenvalue weighted by atomic mass is 10.1.